The van der Waals surface area contributed by atoms with Crippen LogP contribution in [0.4, 0.5) is 0 Å². The quantitative estimate of drug-likeness (QED) is 0.719. The summed E-state index contributed by atoms with van der Waals surface area (Å²) < 4.78 is 10.3. The van der Waals surface area contributed by atoms with E-state index in [0.29, 0.717) is 31.9 Å². The van der Waals surface area contributed by atoms with Gasteiger partial charge in [0.15, 0.2) is 11.5 Å². The Hall–Kier alpha value is -2.18. The predicted octanol–water partition coefficient (Wildman–Crippen LogP) is 1.47. The number of aromatic nitrogens is 1. The van der Waals surface area contributed by atoms with Gasteiger partial charge in [0.2, 0.25) is 0 Å². The zero-order valence-corrected chi connectivity index (χ0v) is 11.6. The van der Waals surface area contributed by atoms with E-state index >= 15 is 0 Å². The maximum Gasteiger partial charge on any atom is 0.273 e. The Morgan fingerprint density at radius 3 is 2.86 bits per heavy atom. The fourth-order valence-electron chi connectivity index (χ4n) is 1.75. The molecule has 0 bridgehead atoms. The molecule has 0 unspecified atom stereocenters. The first-order chi connectivity index (χ1) is 10.3. The second-order valence-electron chi connectivity index (χ2n) is 4.39. The summed E-state index contributed by atoms with van der Waals surface area (Å²) in [7, 11) is 0. The fourth-order valence-corrected chi connectivity index (χ4v) is 1.75. The smallest absolute Gasteiger partial charge is 0.273 e. The molecule has 1 aromatic heterocycles. The number of carbonyl (C=O) groups excluding carboxylic acids is 1. The maximum absolute atomic E-state index is 11.9. The van der Waals surface area contributed by atoms with Crippen molar-refractivity contribution >= 4 is 5.91 Å². The van der Waals surface area contributed by atoms with Crippen LogP contribution in [-0.4, -0.2) is 42.5 Å². The summed E-state index contributed by atoms with van der Waals surface area (Å²) >= 11 is 0. The molecule has 6 heteroatoms. The lowest BCUT2D eigenvalue weighted by Gasteiger charge is -2.03. The third kappa shape index (κ3) is 4.70. The number of nitrogens with one attached hydrogen (secondary N) is 1. The van der Waals surface area contributed by atoms with Crippen LogP contribution in [0.3, 0.4) is 0 Å². The first-order valence-corrected chi connectivity index (χ1v) is 6.80. The number of benzene rings is 1. The minimum absolute atomic E-state index is 0.00750. The van der Waals surface area contributed by atoms with Crippen molar-refractivity contribution in [3.8, 4) is 11.3 Å². The second kappa shape index (κ2) is 8.18. The molecule has 21 heavy (non-hydrogen) atoms. The van der Waals surface area contributed by atoms with Gasteiger partial charge in [-0.2, -0.15) is 0 Å². The Balaban J connectivity index is 1.80. The SMILES string of the molecule is O=C(NCCCOCCO)c1cc(-c2ccccc2)on1. The van der Waals surface area contributed by atoms with Crippen molar-refractivity contribution in [2.24, 2.45) is 0 Å². The predicted molar refractivity (Wildman–Crippen MR) is 76.8 cm³/mol. The molecule has 0 aliphatic heterocycles. The van der Waals surface area contributed by atoms with Gasteiger partial charge in [0.1, 0.15) is 0 Å². The molecule has 0 spiro atoms. The molecule has 0 atom stereocenters. The summed E-state index contributed by atoms with van der Waals surface area (Å²) in [5.74, 6) is 0.287. The van der Waals surface area contributed by atoms with Crippen LogP contribution in [0, 0.1) is 0 Å². The van der Waals surface area contributed by atoms with E-state index in [0.717, 1.165) is 5.56 Å². The van der Waals surface area contributed by atoms with Crippen molar-refractivity contribution < 1.29 is 19.2 Å². The highest BCUT2D eigenvalue weighted by Gasteiger charge is 2.12. The van der Waals surface area contributed by atoms with Crippen molar-refractivity contribution in [3.05, 3.63) is 42.1 Å². The Morgan fingerprint density at radius 1 is 1.29 bits per heavy atom. The van der Waals surface area contributed by atoms with Gasteiger partial charge in [-0.15, -0.1) is 0 Å². The number of aliphatic hydroxyl groups is 1. The van der Waals surface area contributed by atoms with E-state index in [-0.39, 0.29) is 18.2 Å². The van der Waals surface area contributed by atoms with Crippen LogP contribution in [0.5, 0.6) is 0 Å². The van der Waals surface area contributed by atoms with Crippen molar-refractivity contribution in [1.82, 2.24) is 10.5 Å². The van der Waals surface area contributed by atoms with Gasteiger partial charge in [0.25, 0.3) is 5.91 Å². The summed E-state index contributed by atoms with van der Waals surface area (Å²) in [6.45, 7) is 1.30. The number of ether oxygens (including phenoxy) is 1. The van der Waals surface area contributed by atoms with Crippen molar-refractivity contribution in [3.63, 3.8) is 0 Å². The highest BCUT2D eigenvalue weighted by atomic mass is 16.5. The van der Waals surface area contributed by atoms with E-state index < -0.39 is 0 Å². The minimum atomic E-state index is -0.275. The molecule has 0 aliphatic carbocycles. The van der Waals surface area contributed by atoms with Gasteiger partial charge in [-0.3, -0.25) is 4.79 Å². The molecule has 2 rings (SSSR count). The third-order valence-electron chi connectivity index (χ3n) is 2.79. The summed E-state index contributed by atoms with van der Waals surface area (Å²) in [6, 6.07) is 11.1. The van der Waals surface area contributed by atoms with Gasteiger partial charge in [0.05, 0.1) is 13.2 Å². The van der Waals surface area contributed by atoms with Gasteiger partial charge < -0.3 is 19.7 Å². The number of hydrogen-bond donors (Lipinski definition) is 2. The largest absolute Gasteiger partial charge is 0.394 e. The first kappa shape index (κ1) is 15.2. The molecule has 0 saturated heterocycles. The van der Waals surface area contributed by atoms with E-state index in [9.17, 15) is 4.79 Å². The van der Waals surface area contributed by atoms with Crippen molar-refractivity contribution in [2.75, 3.05) is 26.4 Å². The van der Waals surface area contributed by atoms with Crippen LogP contribution in [0.15, 0.2) is 40.9 Å². The summed E-state index contributed by atoms with van der Waals surface area (Å²) in [5, 5.41) is 15.0. The van der Waals surface area contributed by atoms with Crippen molar-refractivity contribution in [1.29, 1.82) is 0 Å². The molecule has 2 aromatic rings. The average molecular weight is 290 g/mol. The normalized spacial score (nSPS) is 10.5. The van der Waals surface area contributed by atoms with E-state index in [4.69, 9.17) is 14.4 Å². The van der Waals surface area contributed by atoms with Crippen LogP contribution >= 0.6 is 0 Å². The zero-order valence-electron chi connectivity index (χ0n) is 11.6. The number of carbonyl (C=O) groups is 1. The molecule has 112 valence electrons. The first-order valence-electron chi connectivity index (χ1n) is 6.80. The molecule has 1 aromatic carbocycles. The molecule has 1 heterocycles. The minimum Gasteiger partial charge on any atom is -0.394 e. The molecule has 0 fully saturated rings. The zero-order chi connectivity index (χ0) is 14.9. The van der Waals surface area contributed by atoms with Crippen LogP contribution in [0.25, 0.3) is 11.3 Å². The number of nitrogens with zero attached hydrogens (tertiary/aromatic N) is 1. The topological polar surface area (TPSA) is 84.6 Å². The summed E-state index contributed by atoms with van der Waals surface area (Å²) in [6.07, 6.45) is 0.676. The molecule has 0 radical (unpaired) electrons. The lowest BCUT2D eigenvalue weighted by molar-refractivity contribution is 0.0864. The summed E-state index contributed by atoms with van der Waals surface area (Å²) in [5.41, 5.74) is 1.13. The van der Waals surface area contributed by atoms with Gasteiger partial charge in [-0.1, -0.05) is 35.5 Å². The Morgan fingerprint density at radius 2 is 2.10 bits per heavy atom. The number of aliphatic hydroxyl groups excluding tert-OH is 1. The number of hydrogen-bond acceptors (Lipinski definition) is 5. The van der Waals surface area contributed by atoms with E-state index in [2.05, 4.69) is 10.5 Å². The Kier molecular flexibility index (Phi) is 5.93. The molecule has 2 N–H and O–H groups in total. The molecule has 0 saturated carbocycles. The molecule has 1 amide bonds. The molecule has 6 nitrogen and oxygen atoms in total. The monoisotopic (exact) mass is 290 g/mol. The lowest BCUT2D eigenvalue weighted by Crippen LogP contribution is -2.25. The van der Waals surface area contributed by atoms with Crippen LogP contribution in [-0.2, 0) is 4.74 Å². The Bertz CT molecular complexity index is 554. The lowest BCUT2D eigenvalue weighted by atomic mass is 10.1. The highest BCUT2D eigenvalue weighted by Crippen LogP contribution is 2.19. The number of rotatable bonds is 8. The summed E-state index contributed by atoms with van der Waals surface area (Å²) in [4.78, 5) is 11.9. The van der Waals surface area contributed by atoms with Gasteiger partial charge in [0, 0.05) is 24.8 Å². The number of amides is 1. The highest BCUT2D eigenvalue weighted by molar-refractivity contribution is 5.93. The van der Waals surface area contributed by atoms with Gasteiger partial charge >= 0.3 is 0 Å². The second-order valence-corrected chi connectivity index (χ2v) is 4.39. The molecule has 0 aliphatic rings. The third-order valence-corrected chi connectivity index (χ3v) is 2.79. The fraction of sp³-hybridized carbons (Fsp3) is 0.333. The maximum atomic E-state index is 11.9. The van der Waals surface area contributed by atoms with Crippen LogP contribution in [0.1, 0.15) is 16.9 Å². The molecular weight excluding hydrogens is 272 g/mol. The molecular formula is C15H18N2O4. The van der Waals surface area contributed by atoms with E-state index in [1.807, 2.05) is 30.3 Å². The van der Waals surface area contributed by atoms with Crippen molar-refractivity contribution in [2.45, 2.75) is 6.42 Å². The van der Waals surface area contributed by atoms with Crippen LogP contribution in [0.2, 0.25) is 0 Å². The Labute approximate surface area is 122 Å². The van der Waals surface area contributed by atoms with E-state index in [1.54, 1.807) is 6.07 Å². The van der Waals surface area contributed by atoms with E-state index in [1.165, 1.54) is 0 Å². The van der Waals surface area contributed by atoms with Gasteiger partial charge in [-0.25, -0.2) is 0 Å². The standard InChI is InChI=1S/C15H18N2O4/c18-8-10-20-9-4-7-16-15(19)13-11-14(21-17-13)12-5-2-1-3-6-12/h1-3,5-6,11,18H,4,7-10H2,(H,16,19). The van der Waals surface area contributed by atoms with Crippen LogP contribution < -0.4 is 5.32 Å². The van der Waals surface area contributed by atoms with Gasteiger partial charge in [-0.05, 0) is 6.42 Å². The average Bonchev–Trinajstić information content (AvgIpc) is 3.01.